The molecule has 1 aromatic rings. The zero-order chi connectivity index (χ0) is 15.3. The minimum absolute atomic E-state index is 0.0553. The number of rotatable bonds is 8. The lowest BCUT2D eigenvalue weighted by Gasteiger charge is -2.23. The smallest absolute Gasteiger partial charge is 0.251 e. The van der Waals surface area contributed by atoms with Crippen LogP contribution < -0.4 is 10.1 Å². The molecule has 5 nitrogen and oxygen atoms in total. The van der Waals surface area contributed by atoms with E-state index in [0.717, 1.165) is 12.8 Å². The summed E-state index contributed by atoms with van der Waals surface area (Å²) in [4.78, 5) is 14.4. The minimum Gasteiger partial charge on any atom is -0.491 e. The SMILES string of the molecule is COCCOc1cccc(C(=O)NCC2(N(C)C)CC2)c1. The molecule has 0 atom stereocenters. The van der Waals surface area contributed by atoms with Gasteiger partial charge >= 0.3 is 0 Å². The Labute approximate surface area is 126 Å². The van der Waals surface area contributed by atoms with Crippen molar-refractivity contribution in [2.75, 3.05) is 41.0 Å². The van der Waals surface area contributed by atoms with Crippen LogP contribution in [0.15, 0.2) is 24.3 Å². The van der Waals surface area contributed by atoms with Crippen LogP contribution in [-0.4, -0.2) is 57.3 Å². The van der Waals surface area contributed by atoms with Gasteiger partial charge in [-0.05, 0) is 45.1 Å². The number of nitrogens with zero attached hydrogens (tertiary/aromatic N) is 1. The number of nitrogens with one attached hydrogen (secondary N) is 1. The van der Waals surface area contributed by atoms with E-state index in [-0.39, 0.29) is 11.4 Å². The number of ether oxygens (including phenoxy) is 2. The van der Waals surface area contributed by atoms with Crippen LogP contribution in [0.2, 0.25) is 0 Å². The van der Waals surface area contributed by atoms with Gasteiger partial charge in [0, 0.05) is 24.8 Å². The number of carbonyl (C=O) groups excluding carboxylic acids is 1. The van der Waals surface area contributed by atoms with Gasteiger partial charge in [-0.1, -0.05) is 6.07 Å². The monoisotopic (exact) mass is 292 g/mol. The predicted octanol–water partition coefficient (Wildman–Crippen LogP) is 1.54. The summed E-state index contributed by atoms with van der Waals surface area (Å²) >= 11 is 0. The van der Waals surface area contributed by atoms with Crippen LogP contribution in [0.3, 0.4) is 0 Å². The summed E-state index contributed by atoms with van der Waals surface area (Å²) in [7, 11) is 5.75. The third kappa shape index (κ3) is 4.19. The molecule has 1 N–H and O–H groups in total. The molecule has 0 aromatic heterocycles. The molecule has 1 aliphatic carbocycles. The number of amides is 1. The number of hydrogen-bond donors (Lipinski definition) is 1. The van der Waals surface area contributed by atoms with E-state index in [0.29, 0.717) is 31.1 Å². The molecule has 1 amide bonds. The summed E-state index contributed by atoms with van der Waals surface area (Å²) in [6.45, 7) is 1.70. The zero-order valence-electron chi connectivity index (χ0n) is 13.0. The molecule has 0 aliphatic heterocycles. The Kier molecular flexibility index (Phi) is 5.20. The van der Waals surface area contributed by atoms with Crippen LogP contribution in [0.25, 0.3) is 0 Å². The van der Waals surface area contributed by atoms with Gasteiger partial charge in [-0.3, -0.25) is 4.79 Å². The lowest BCUT2D eigenvalue weighted by atomic mass is 10.2. The standard InChI is InChI=1S/C16H24N2O3/c1-18(2)16(7-8-16)12-17-15(19)13-5-4-6-14(11-13)21-10-9-20-3/h4-6,11H,7-10,12H2,1-3H3,(H,17,19). The lowest BCUT2D eigenvalue weighted by Crippen LogP contribution is -2.42. The quantitative estimate of drug-likeness (QED) is 0.738. The van der Waals surface area contributed by atoms with Crippen LogP contribution in [0, 0.1) is 0 Å². The Bertz CT molecular complexity index is 484. The zero-order valence-corrected chi connectivity index (χ0v) is 13.0. The van der Waals surface area contributed by atoms with Crippen LogP contribution in [0.4, 0.5) is 0 Å². The fourth-order valence-electron chi connectivity index (χ4n) is 2.24. The highest BCUT2D eigenvalue weighted by Gasteiger charge is 2.44. The summed E-state index contributed by atoms with van der Waals surface area (Å²) in [5, 5.41) is 3.02. The molecule has 0 bridgehead atoms. The number of hydrogen-bond acceptors (Lipinski definition) is 4. The van der Waals surface area contributed by atoms with E-state index < -0.39 is 0 Å². The second kappa shape index (κ2) is 6.91. The number of methoxy groups -OCH3 is 1. The second-order valence-electron chi connectivity index (χ2n) is 5.67. The normalized spacial score (nSPS) is 15.8. The maximum absolute atomic E-state index is 12.2. The summed E-state index contributed by atoms with van der Waals surface area (Å²) in [5.74, 6) is 0.633. The Balaban J connectivity index is 1.88. The molecule has 1 aliphatic rings. The van der Waals surface area contributed by atoms with Crippen LogP contribution in [0.1, 0.15) is 23.2 Å². The third-order valence-corrected chi connectivity index (χ3v) is 4.01. The first-order chi connectivity index (χ1) is 10.1. The highest BCUT2D eigenvalue weighted by molar-refractivity contribution is 5.94. The van der Waals surface area contributed by atoms with Crippen molar-refractivity contribution in [2.45, 2.75) is 18.4 Å². The van der Waals surface area contributed by atoms with Gasteiger partial charge < -0.3 is 19.7 Å². The average molecular weight is 292 g/mol. The first-order valence-corrected chi connectivity index (χ1v) is 7.25. The third-order valence-electron chi connectivity index (χ3n) is 4.01. The van der Waals surface area contributed by atoms with Gasteiger partial charge in [0.15, 0.2) is 0 Å². The van der Waals surface area contributed by atoms with Gasteiger partial charge in [0.2, 0.25) is 0 Å². The topological polar surface area (TPSA) is 50.8 Å². The lowest BCUT2D eigenvalue weighted by molar-refractivity contribution is 0.0937. The maximum Gasteiger partial charge on any atom is 0.251 e. The van der Waals surface area contributed by atoms with Crippen molar-refractivity contribution in [3.05, 3.63) is 29.8 Å². The van der Waals surface area contributed by atoms with Crippen molar-refractivity contribution in [1.29, 1.82) is 0 Å². The van der Waals surface area contributed by atoms with E-state index in [1.807, 2.05) is 12.1 Å². The maximum atomic E-state index is 12.2. The van der Waals surface area contributed by atoms with E-state index in [9.17, 15) is 4.79 Å². The fourth-order valence-corrected chi connectivity index (χ4v) is 2.24. The molecule has 21 heavy (non-hydrogen) atoms. The molecular formula is C16H24N2O3. The first-order valence-electron chi connectivity index (χ1n) is 7.25. The van der Waals surface area contributed by atoms with Crippen molar-refractivity contribution in [3.8, 4) is 5.75 Å². The van der Waals surface area contributed by atoms with Gasteiger partial charge in [-0.2, -0.15) is 0 Å². The molecule has 1 fully saturated rings. The van der Waals surface area contributed by atoms with E-state index in [1.165, 1.54) is 0 Å². The van der Waals surface area contributed by atoms with E-state index in [1.54, 1.807) is 19.2 Å². The molecule has 5 heteroatoms. The van der Waals surface area contributed by atoms with Crippen molar-refractivity contribution >= 4 is 5.91 Å². The van der Waals surface area contributed by atoms with Crippen molar-refractivity contribution in [3.63, 3.8) is 0 Å². The average Bonchev–Trinajstić information content (AvgIpc) is 3.27. The first kappa shape index (κ1) is 15.8. The predicted molar refractivity (Wildman–Crippen MR) is 81.8 cm³/mol. The molecule has 0 saturated heterocycles. The largest absolute Gasteiger partial charge is 0.491 e. The summed E-state index contributed by atoms with van der Waals surface area (Å²) < 4.78 is 10.5. The van der Waals surface area contributed by atoms with Crippen LogP contribution in [0.5, 0.6) is 5.75 Å². The Morgan fingerprint density at radius 3 is 2.71 bits per heavy atom. The number of carbonyl (C=O) groups is 1. The van der Waals surface area contributed by atoms with Crippen molar-refractivity contribution in [2.24, 2.45) is 0 Å². The van der Waals surface area contributed by atoms with Gasteiger partial charge in [0.25, 0.3) is 5.91 Å². The van der Waals surface area contributed by atoms with Gasteiger partial charge in [-0.15, -0.1) is 0 Å². The van der Waals surface area contributed by atoms with E-state index in [4.69, 9.17) is 9.47 Å². The molecule has 0 unspecified atom stereocenters. The van der Waals surface area contributed by atoms with Crippen LogP contribution >= 0.6 is 0 Å². The highest BCUT2D eigenvalue weighted by Crippen LogP contribution is 2.39. The Hall–Kier alpha value is -1.59. The van der Waals surface area contributed by atoms with E-state index in [2.05, 4.69) is 24.3 Å². The molecule has 116 valence electrons. The molecule has 1 saturated carbocycles. The van der Waals surface area contributed by atoms with E-state index >= 15 is 0 Å². The van der Waals surface area contributed by atoms with Crippen molar-refractivity contribution in [1.82, 2.24) is 10.2 Å². The molecular weight excluding hydrogens is 268 g/mol. The highest BCUT2D eigenvalue weighted by atomic mass is 16.5. The summed E-state index contributed by atoms with van der Waals surface area (Å²) in [6, 6.07) is 7.23. The summed E-state index contributed by atoms with van der Waals surface area (Å²) in [6.07, 6.45) is 2.28. The Morgan fingerprint density at radius 1 is 1.33 bits per heavy atom. The number of benzene rings is 1. The number of likely N-dealkylation sites (N-methyl/N-ethyl adjacent to an activating group) is 1. The summed E-state index contributed by atoms with van der Waals surface area (Å²) in [5.41, 5.74) is 0.780. The second-order valence-corrected chi connectivity index (χ2v) is 5.67. The molecule has 2 rings (SSSR count). The minimum atomic E-state index is -0.0553. The molecule has 0 heterocycles. The molecule has 1 aromatic carbocycles. The fraction of sp³-hybridized carbons (Fsp3) is 0.562. The molecule has 0 spiro atoms. The van der Waals surface area contributed by atoms with Crippen LogP contribution in [-0.2, 0) is 4.74 Å². The van der Waals surface area contributed by atoms with Gasteiger partial charge in [0.05, 0.1) is 6.61 Å². The Morgan fingerprint density at radius 2 is 2.10 bits per heavy atom. The van der Waals surface area contributed by atoms with Gasteiger partial charge in [0.1, 0.15) is 12.4 Å². The van der Waals surface area contributed by atoms with Crippen molar-refractivity contribution < 1.29 is 14.3 Å². The molecule has 0 radical (unpaired) electrons. The van der Waals surface area contributed by atoms with Gasteiger partial charge in [-0.25, -0.2) is 0 Å².